The Morgan fingerprint density at radius 3 is 2.18 bits per heavy atom. The van der Waals surface area contributed by atoms with Crippen LogP contribution in [0.1, 0.15) is 50.2 Å². The molecule has 0 aliphatic heterocycles. The summed E-state index contributed by atoms with van der Waals surface area (Å²) in [5, 5.41) is 3.66. The van der Waals surface area contributed by atoms with Gasteiger partial charge < -0.3 is 19.7 Å². The summed E-state index contributed by atoms with van der Waals surface area (Å²) < 4.78 is 40.1. The van der Waals surface area contributed by atoms with Gasteiger partial charge in [0.1, 0.15) is 12.6 Å². The number of carbonyl (C=O) groups excluding carboxylic acids is 2. The van der Waals surface area contributed by atoms with Crippen molar-refractivity contribution in [3.63, 3.8) is 0 Å². The topological polar surface area (TPSA) is 105 Å². The number of ether oxygens (including phenoxy) is 2. The highest BCUT2D eigenvalue weighted by molar-refractivity contribution is 7.92. The maximum absolute atomic E-state index is 14.3. The van der Waals surface area contributed by atoms with Crippen LogP contribution in [0.4, 0.5) is 5.69 Å². The molecule has 0 heterocycles. The molecule has 3 aromatic carbocycles. The van der Waals surface area contributed by atoms with Gasteiger partial charge in [0, 0.05) is 23.7 Å². The average Bonchev–Trinajstić information content (AvgIpc) is 3.53. The standard InChI is InChI=1S/C33H40ClN3O6S/c1-5-29(33(39)35-26-8-6-7-9-26)36(21-24-12-14-25(34)15-13-24)32(38)22-37(27-16-19-30(42-3)31(20-27)43-4)44(40,41)28-17-10-23(2)11-18-28/h10-20,26,29H,5-9,21-22H2,1-4H3,(H,35,39)/t29-/m1/s1. The largest absolute Gasteiger partial charge is 0.493 e. The van der Waals surface area contributed by atoms with Crippen molar-refractivity contribution < 1.29 is 27.5 Å². The highest BCUT2D eigenvalue weighted by Gasteiger charge is 2.35. The van der Waals surface area contributed by atoms with Crippen LogP contribution in [-0.2, 0) is 26.2 Å². The van der Waals surface area contributed by atoms with Gasteiger partial charge in [0.15, 0.2) is 11.5 Å². The molecule has 236 valence electrons. The fourth-order valence-corrected chi connectivity index (χ4v) is 6.95. The molecule has 1 fully saturated rings. The number of hydrogen-bond acceptors (Lipinski definition) is 6. The first-order valence-electron chi connectivity index (χ1n) is 14.7. The predicted molar refractivity (Wildman–Crippen MR) is 172 cm³/mol. The molecule has 2 amide bonds. The van der Waals surface area contributed by atoms with Crippen molar-refractivity contribution in [2.45, 2.75) is 69.5 Å². The SMILES string of the molecule is CC[C@H](C(=O)NC1CCCC1)N(Cc1ccc(Cl)cc1)C(=O)CN(c1ccc(OC)c(OC)c1)S(=O)(=O)c1ccc(C)cc1. The summed E-state index contributed by atoms with van der Waals surface area (Å²) in [4.78, 5) is 29.4. The molecule has 0 saturated heterocycles. The van der Waals surface area contributed by atoms with Crippen LogP contribution in [0.2, 0.25) is 5.02 Å². The van der Waals surface area contributed by atoms with E-state index in [-0.39, 0.29) is 29.1 Å². The molecular weight excluding hydrogens is 602 g/mol. The molecule has 1 aliphatic carbocycles. The summed E-state index contributed by atoms with van der Waals surface area (Å²) in [6, 6.07) is 17.4. The molecule has 44 heavy (non-hydrogen) atoms. The van der Waals surface area contributed by atoms with E-state index < -0.39 is 28.5 Å². The second-order valence-corrected chi connectivity index (χ2v) is 13.2. The van der Waals surface area contributed by atoms with E-state index in [2.05, 4.69) is 5.32 Å². The van der Waals surface area contributed by atoms with Gasteiger partial charge in [-0.2, -0.15) is 0 Å². The van der Waals surface area contributed by atoms with Crippen molar-refractivity contribution in [3.8, 4) is 11.5 Å². The highest BCUT2D eigenvalue weighted by atomic mass is 35.5. The Morgan fingerprint density at radius 1 is 0.955 bits per heavy atom. The van der Waals surface area contributed by atoms with Crippen LogP contribution in [0.15, 0.2) is 71.6 Å². The van der Waals surface area contributed by atoms with Gasteiger partial charge in [-0.3, -0.25) is 13.9 Å². The fourth-order valence-electron chi connectivity index (χ4n) is 5.42. The number of methoxy groups -OCH3 is 2. The maximum Gasteiger partial charge on any atom is 0.264 e. The average molecular weight is 642 g/mol. The maximum atomic E-state index is 14.3. The van der Waals surface area contributed by atoms with Crippen molar-refractivity contribution in [1.29, 1.82) is 0 Å². The van der Waals surface area contributed by atoms with Gasteiger partial charge in [0.2, 0.25) is 11.8 Å². The Kier molecular flexibility index (Phi) is 11.2. The number of anilines is 1. The van der Waals surface area contributed by atoms with Crippen molar-refractivity contribution in [2.24, 2.45) is 0 Å². The number of amides is 2. The molecule has 1 saturated carbocycles. The molecular formula is C33H40ClN3O6S. The van der Waals surface area contributed by atoms with Crippen LogP contribution in [-0.4, -0.2) is 58.0 Å². The summed E-state index contributed by atoms with van der Waals surface area (Å²) in [6.07, 6.45) is 4.24. The minimum absolute atomic E-state index is 0.0287. The number of rotatable bonds is 13. The van der Waals surface area contributed by atoms with Crippen LogP contribution in [0.5, 0.6) is 11.5 Å². The number of nitrogens with one attached hydrogen (secondary N) is 1. The summed E-state index contributed by atoms with van der Waals surface area (Å²) in [7, 11) is -1.29. The Labute approximate surface area is 265 Å². The first-order valence-corrected chi connectivity index (χ1v) is 16.5. The first kappa shape index (κ1) is 33.1. The van der Waals surface area contributed by atoms with Gasteiger partial charge >= 0.3 is 0 Å². The van der Waals surface area contributed by atoms with Crippen molar-refractivity contribution in [2.75, 3.05) is 25.1 Å². The number of aryl methyl sites for hydroxylation is 1. The van der Waals surface area contributed by atoms with Crippen LogP contribution in [0.3, 0.4) is 0 Å². The van der Waals surface area contributed by atoms with E-state index in [4.69, 9.17) is 21.1 Å². The van der Waals surface area contributed by atoms with E-state index in [0.717, 1.165) is 41.1 Å². The van der Waals surface area contributed by atoms with Gasteiger partial charge in [0.25, 0.3) is 10.0 Å². The molecule has 0 bridgehead atoms. The molecule has 0 spiro atoms. The lowest BCUT2D eigenvalue weighted by molar-refractivity contribution is -0.140. The Bertz CT molecular complexity index is 1540. The molecule has 0 radical (unpaired) electrons. The normalized spacial score (nSPS) is 14.1. The molecule has 3 aromatic rings. The molecule has 1 aliphatic rings. The Morgan fingerprint density at radius 2 is 1.59 bits per heavy atom. The van der Waals surface area contributed by atoms with Gasteiger partial charge in [-0.1, -0.05) is 61.2 Å². The van der Waals surface area contributed by atoms with Crippen LogP contribution in [0.25, 0.3) is 0 Å². The lowest BCUT2D eigenvalue weighted by Crippen LogP contribution is -2.53. The minimum atomic E-state index is -4.22. The summed E-state index contributed by atoms with van der Waals surface area (Å²) in [5.41, 5.74) is 1.87. The number of sulfonamides is 1. The number of hydrogen-bond donors (Lipinski definition) is 1. The zero-order valence-electron chi connectivity index (χ0n) is 25.6. The molecule has 1 atom stereocenters. The lowest BCUT2D eigenvalue weighted by atomic mass is 10.1. The van der Waals surface area contributed by atoms with E-state index in [1.807, 2.05) is 13.8 Å². The Hall–Kier alpha value is -3.76. The van der Waals surface area contributed by atoms with Gasteiger partial charge in [0.05, 0.1) is 24.8 Å². The van der Waals surface area contributed by atoms with Gasteiger partial charge in [-0.05, 0) is 68.1 Å². The molecule has 4 rings (SSSR count). The lowest BCUT2D eigenvalue weighted by Gasteiger charge is -2.34. The Balaban J connectivity index is 1.75. The van der Waals surface area contributed by atoms with Crippen LogP contribution in [0, 0.1) is 6.92 Å². The van der Waals surface area contributed by atoms with Crippen LogP contribution < -0.4 is 19.1 Å². The second kappa shape index (κ2) is 14.8. The number of carbonyl (C=O) groups is 2. The molecule has 0 aromatic heterocycles. The van der Waals surface area contributed by atoms with E-state index >= 15 is 0 Å². The van der Waals surface area contributed by atoms with Crippen LogP contribution >= 0.6 is 11.6 Å². The number of halogens is 1. The summed E-state index contributed by atoms with van der Waals surface area (Å²) >= 11 is 6.11. The third-order valence-corrected chi connectivity index (χ3v) is 9.94. The van der Waals surface area contributed by atoms with E-state index in [1.165, 1.54) is 37.3 Å². The molecule has 0 unspecified atom stereocenters. The number of nitrogens with zero attached hydrogens (tertiary/aromatic N) is 2. The summed E-state index contributed by atoms with van der Waals surface area (Å²) in [5.74, 6) is -0.0594. The zero-order chi connectivity index (χ0) is 31.9. The van der Waals surface area contributed by atoms with Crippen molar-refractivity contribution in [3.05, 3.63) is 82.9 Å². The van der Waals surface area contributed by atoms with E-state index in [1.54, 1.807) is 48.5 Å². The summed E-state index contributed by atoms with van der Waals surface area (Å²) in [6.45, 7) is 3.25. The number of benzene rings is 3. The highest BCUT2D eigenvalue weighted by Crippen LogP contribution is 2.34. The molecule has 9 nitrogen and oxygen atoms in total. The third kappa shape index (κ3) is 7.84. The quantitative estimate of drug-likeness (QED) is 0.256. The monoisotopic (exact) mass is 641 g/mol. The predicted octanol–water partition coefficient (Wildman–Crippen LogP) is 5.73. The first-order chi connectivity index (χ1) is 21.1. The second-order valence-electron chi connectivity index (χ2n) is 10.9. The van der Waals surface area contributed by atoms with Crippen molar-refractivity contribution >= 4 is 39.1 Å². The molecule has 11 heteroatoms. The van der Waals surface area contributed by atoms with E-state index in [9.17, 15) is 18.0 Å². The fraction of sp³-hybridized carbons (Fsp3) is 0.394. The molecule has 1 N–H and O–H groups in total. The minimum Gasteiger partial charge on any atom is -0.493 e. The van der Waals surface area contributed by atoms with E-state index in [0.29, 0.717) is 22.9 Å². The third-order valence-electron chi connectivity index (χ3n) is 7.90. The van der Waals surface area contributed by atoms with Crippen molar-refractivity contribution in [1.82, 2.24) is 10.2 Å². The van der Waals surface area contributed by atoms with Gasteiger partial charge in [-0.25, -0.2) is 8.42 Å². The smallest absolute Gasteiger partial charge is 0.264 e. The van der Waals surface area contributed by atoms with Gasteiger partial charge in [-0.15, -0.1) is 0 Å². The zero-order valence-corrected chi connectivity index (χ0v) is 27.2.